The van der Waals surface area contributed by atoms with Crippen molar-refractivity contribution in [1.82, 2.24) is 15.3 Å². The normalized spacial score (nSPS) is 14.5. The summed E-state index contributed by atoms with van der Waals surface area (Å²) in [7, 11) is 1.55. The zero-order chi connectivity index (χ0) is 20.9. The van der Waals surface area contributed by atoms with Crippen molar-refractivity contribution in [3.8, 4) is 28.6 Å². The fourth-order valence-corrected chi connectivity index (χ4v) is 3.51. The van der Waals surface area contributed by atoms with Crippen molar-refractivity contribution in [2.24, 2.45) is 0 Å². The number of hydrogen-bond acceptors (Lipinski definition) is 6. The molecular formula is C22H20ClN3O4. The Morgan fingerprint density at radius 2 is 1.97 bits per heavy atom. The Morgan fingerprint density at radius 1 is 1.20 bits per heavy atom. The minimum Gasteiger partial charge on any atom is -0.493 e. The number of aromatic nitrogens is 2. The number of halogens is 1. The molecule has 1 atom stereocenters. The van der Waals surface area contributed by atoms with Gasteiger partial charge in [0.1, 0.15) is 11.9 Å². The molecule has 0 aliphatic carbocycles. The van der Waals surface area contributed by atoms with Gasteiger partial charge in [0.25, 0.3) is 5.91 Å². The van der Waals surface area contributed by atoms with E-state index in [9.17, 15) is 4.79 Å². The first-order valence-corrected chi connectivity index (χ1v) is 9.81. The molecule has 7 nitrogen and oxygen atoms in total. The maximum absolute atomic E-state index is 12.2. The second-order valence-electron chi connectivity index (χ2n) is 6.70. The average molecular weight is 426 g/mol. The summed E-state index contributed by atoms with van der Waals surface area (Å²) in [4.78, 5) is 20.8. The third-order valence-corrected chi connectivity index (χ3v) is 4.84. The van der Waals surface area contributed by atoms with Crippen LogP contribution in [0.2, 0.25) is 5.02 Å². The lowest BCUT2D eigenvalue weighted by atomic mass is 10.1. The van der Waals surface area contributed by atoms with E-state index in [0.717, 1.165) is 11.1 Å². The summed E-state index contributed by atoms with van der Waals surface area (Å²) in [5, 5.41) is 3.44. The number of para-hydroxylation sites is 2. The van der Waals surface area contributed by atoms with Gasteiger partial charge in [0.05, 0.1) is 19.2 Å². The monoisotopic (exact) mass is 425 g/mol. The summed E-state index contributed by atoms with van der Waals surface area (Å²) in [6, 6.07) is 12.6. The molecule has 1 aliphatic heterocycles. The van der Waals surface area contributed by atoms with E-state index in [1.54, 1.807) is 43.8 Å². The summed E-state index contributed by atoms with van der Waals surface area (Å²) in [6.45, 7) is 0.227. The molecule has 1 amide bonds. The summed E-state index contributed by atoms with van der Waals surface area (Å²) < 4.78 is 16.8. The molecule has 1 aromatic heterocycles. The molecular weight excluding hydrogens is 406 g/mol. The van der Waals surface area contributed by atoms with E-state index < -0.39 is 0 Å². The lowest BCUT2D eigenvalue weighted by Gasteiger charge is -2.14. The molecule has 2 heterocycles. The molecule has 0 saturated carbocycles. The summed E-state index contributed by atoms with van der Waals surface area (Å²) in [5.74, 6) is 2.10. The van der Waals surface area contributed by atoms with E-state index in [-0.39, 0.29) is 18.6 Å². The van der Waals surface area contributed by atoms with Crippen LogP contribution >= 0.6 is 11.6 Å². The number of carbonyl (C=O) groups excluding carboxylic acids is 1. The van der Waals surface area contributed by atoms with Gasteiger partial charge in [-0.1, -0.05) is 23.7 Å². The Kier molecular flexibility index (Phi) is 5.99. The van der Waals surface area contributed by atoms with Crippen LogP contribution in [0.1, 0.15) is 5.56 Å². The van der Waals surface area contributed by atoms with Gasteiger partial charge >= 0.3 is 0 Å². The van der Waals surface area contributed by atoms with Crippen LogP contribution < -0.4 is 19.5 Å². The van der Waals surface area contributed by atoms with E-state index in [0.29, 0.717) is 41.1 Å². The largest absolute Gasteiger partial charge is 0.493 e. The van der Waals surface area contributed by atoms with Crippen molar-refractivity contribution in [2.45, 2.75) is 12.5 Å². The first-order chi connectivity index (χ1) is 14.6. The van der Waals surface area contributed by atoms with Gasteiger partial charge in [-0.25, -0.2) is 9.97 Å². The smallest absolute Gasteiger partial charge is 0.258 e. The highest BCUT2D eigenvalue weighted by Crippen LogP contribution is 2.39. The molecule has 0 spiro atoms. The molecule has 0 unspecified atom stereocenters. The minimum atomic E-state index is -0.245. The summed E-state index contributed by atoms with van der Waals surface area (Å²) >= 11 is 6.27. The molecule has 1 N–H and O–H groups in total. The number of nitrogens with zero attached hydrogens (tertiary/aromatic N) is 2. The predicted octanol–water partition coefficient (Wildman–Crippen LogP) is 3.30. The first kappa shape index (κ1) is 20.0. The lowest BCUT2D eigenvalue weighted by Crippen LogP contribution is -2.37. The number of methoxy groups -OCH3 is 1. The number of hydrogen-bond donors (Lipinski definition) is 1. The Bertz CT molecular complexity index is 1050. The third-order valence-electron chi connectivity index (χ3n) is 4.62. The second kappa shape index (κ2) is 9.00. The van der Waals surface area contributed by atoms with E-state index in [1.165, 1.54) is 0 Å². The topological polar surface area (TPSA) is 82.6 Å². The summed E-state index contributed by atoms with van der Waals surface area (Å²) in [6.07, 6.45) is 3.76. The molecule has 1 aliphatic rings. The van der Waals surface area contributed by atoms with Gasteiger partial charge in [0.15, 0.2) is 23.9 Å². The number of amides is 1. The van der Waals surface area contributed by atoms with Gasteiger partial charge < -0.3 is 19.5 Å². The molecule has 8 heteroatoms. The van der Waals surface area contributed by atoms with Crippen LogP contribution in [0, 0.1) is 0 Å². The van der Waals surface area contributed by atoms with Crippen molar-refractivity contribution < 1.29 is 19.0 Å². The lowest BCUT2D eigenvalue weighted by molar-refractivity contribution is -0.123. The van der Waals surface area contributed by atoms with Crippen LogP contribution in [0.15, 0.2) is 54.9 Å². The molecule has 0 fully saturated rings. The van der Waals surface area contributed by atoms with Gasteiger partial charge in [-0.15, -0.1) is 0 Å². The van der Waals surface area contributed by atoms with E-state index in [4.69, 9.17) is 25.8 Å². The third kappa shape index (κ3) is 4.46. The minimum absolute atomic E-state index is 0.116. The van der Waals surface area contributed by atoms with Gasteiger partial charge in [-0.3, -0.25) is 4.79 Å². The second-order valence-corrected chi connectivity index (χ2v) is 7.14. The standard InChI is InChI=1S/C22H20ClN3O4/c1-28-18-5-2-3-6-19(18)29-13-20(27)26-12-16-10-14-9-15(23)11-17(21(14)30-16)22-24-7-4-8-25-22/h2-9,11,16H,10,12-13H2,1H3,(H,26,27)/t16-/m1/s1. The molecule has 2 aromatic carbocycles. The maximum atomic E-state index is 12.2. The average Bonchev–Trinajstić information content (AvgIpc) is 3.19. The molecule has 3 aromatic rings. The zero-order valence-electron chi connectivity index (χ0n) is 16.3. The Balaban J connectivity index is 1.36. The highest BCUT2D eigenvalue weighted by atomic mass is 35.5. The van der Waals surface area contributed by atoms with E-state index >= 15 is 0 Å². The van der Waals surface area contributed by atoms with Crippen LogP contribution in [-0.2, 0) is 11.2 Å². The Labute approximate surface area is 179 Å². The highest BCUT2D eigenvalue weighted by Gasteiger charge is 2.27. The molecule has 0 bridgehead atoms. The van der Waals surface area contributed by atoms with Crippen LogP contribution in [-0.4, -0.2) is 42.2 Å². The number of rotatable bonds is 7. The zero-order valence-corrected chi connectivity index (χ0v) is 17.1. The van der Waals surface area contributed by atoms with Crippen LogP contribution in [0.25, 0.3) is 11.4 Å². The van der Waals surface area contributed by atoms with Crippen molar-refractivity contribution in [1.29, 1.82) is 0 Å². The maximum Gasteiger partial charge on any atom is 0.258 e. The molecule has 0 radical (unpaired) electrons. The fraction of sp³-hybridized carbons (Fsp3) is 0.227. The molecule has 154 valence electrons. The predicted molar refractivity (Wildman–Crippen MR) is 112 cm³/mol. The van der Waals surface area contributed by atoms with Gasteiger partial charge in [0.2, 0.25) is 0 Å². The SMILES string of the molecule is COc1ccccc1OCC(=O)NC[C@H]1Cc2cc(Cl)cc(-c3ncccn3)c2O1. The van der Waals surface area contributed by atoms with E-state index in [2.05, 4.69) is 15.3 Å². The number of benzene rings is 2. The Morgan fingerprint density at radius 3 is 2.73 bits per heavy atom. The fourth-order valence-electron chi connectivity index (χ4n) is 3.27. The quantitative estimate of drug-likeness (QED) is 0.625. The number of carbonyl (C=O) groups is 1. The number of ether oxygens (including phenoxy) is 3. The number of nitrogens with one attached hydrogen (secondary N) is 1. The van der Waals surface area contributed by atoms with Crippen molar-refractivity contribution in [2.75, 3.05) is 20.3 Å². The van der Waals surface area contributed by atoms with Gasteiger partial charge in [-0.2, -0.15) is 0 Å². The Hall–Kier alpha value is -3.32. The number of fused-ring (bicyclic) bond motifs is 1. The van der Waals surface area contributed by atoms with Crippen LogP contribution in [0.4, 0.5) is 0 Å². The van der Waals surface area contributed by atoms with E-state index in [1.807, 2.05) is 18.2 Å². The summed E-state index contributed by atoms with van der Waals surface area (Å²) in [5.41, 5.74) is 1.71. The van der Waals surface area contributed by atoms with Crippen molar-refractivity contribution >= 4 is 17.5 Å². The van der Waals surface area contributed by atoms with Gasteiger partial charge in [0, 0.05) is 29.4 Å². The highest BCUT2D eigenvalue weighted by molar-refractivity contribution is 6.31. The van der Waals surface area contributed by atoms with Crippen molar-refractivity contribution in [3.63, 3.8) is 0 Å². The van der Waals surface area contributed by atoms with Gasteiger partial charge in [-0.05, 0) is 30.3 Å². The molecule has 0 saturated heterocycles. The molecule has 30 heavy (non-hydrogen) atoms. The first-order valence-electron chi connectivity index (χ1n) is 9.43. The van der Waals surface area contributed by atoms with Crippen molar-refractivity contribution in [3.05, 3.63) is 65.4 Å². The van der Waals surface area contributed by atoms with Crippen LogP contribution in [0.5, 0.6) is 17.2 Å². The molecule has 4 rings (SSSR count). The van der Waals surface area contributed by atoms with Crippen LogP contribution in [0.3, 0.4) is 0 Å².